The van der Waals surface area contributed by atoms with Gasteiger partial charge in [0.15, 0.2) is 0 Å². The molecule has 5 heteroatoms. The van der Waals surface area contributed by atoms with Gasteiger partial charge in [-0.05, 0) is 24.3 Å². The van der Waals surface area contributed by atoms with Gasteiger partial charge in [0.2, 0.25) is 0 Å². The van der Waals surface area contributed by atoms with Crippen molar-refractivity contribution in [1.29, 1.82) is 0 Å². The molecule has 2 rings (SSSR count). The number of anilines is 1. The van der Waals surface area contributed by atoms with Gasteiger partial charge in [0.25, 0.3) is 5.91 Å². The molecule has 0 aromatic heterocycles. The summed E-state index contributed by atoms with van der Waals surface area (Å²) in [5, 5.41) is 0. The molecule has 1 unspecified atom stereocenters. The third kappa shape index (κ3) is 3.19. The minimum absolute atomic E-state index is 0.0271. The molecule has 1 aliphatic heterocycles. The number of nitrogens with zero attached hydrogens (tertiary/aromatic N) is 2. The zero-order chi connectivity index (χ0) is 13.8. The molecule has 4 nitrogen and oxygen atoms in total. The smallest absolute Gasteiger partial charge is 0.254 e. The van der Waals surface area contributed by atoms with Crippen molar-refractivity contribution in [3.8, 4) is 0 Å². The Bertz CT molecular complexity index is 434. The summed E-state index contributed by atoms with van der Waals surface area (Å²) in [4.78, 5) is 16.3. The first kappa shape index (κ1) is 14.2. The lowest BCUT2D eigenvalue weighted by atomic mass is 10.1. The van der Waals surface area contributed by atoms with Gasteiger partial charge in [-0.2, -0.15) is 0 Å². The number of morpholine rings is 1. The van der Waals surface area contributed by atoms with E-state index in [0.717, 1.165) is 5.69 Å². The maximum absolute atomic E-state index is 12.4. The Balaban J connectivity index is 2.13. The molecule has 1 aromatic rings. The van der Waals surface area contributed by atoms with Gasteiger partial charge in [-0.3, -0.25) is 4.79 Å². The van der Waals surface area contributed by atoms with Crippen LogP contribution in [0.2, 0.25) is 0 Å². The van der Waals surface area contributed by atoms with Crippen LogP contribution in [0.5, 0.6) is 0 Å². The summed E-state index contributed by atoms with van der Waals surface area (Å²) in [6, 6.07) is 7.58. The highest BCUT2D eigenvalue weighted by Crippen LogP contribution is 2.17. The summed E-state index contributed by atoms with van der Waals surface area (Å²) in [6.07, 6.45) is 0. The van der Waals surface area contributed by atoms with Crippen LogP contribution in [-0.4, -0.2) is 56.6 Å². The fourth-order valence-corrected chi connectivity index (χ4v) is 2.37. The minimum Gasteiger partial charge on any atom is -0.378 e. The lowest BCUT2D eigenvalue weighted by Crippen LogP contribution is -2.49. The molecule has 0 bridgehead atoms. The van der Waals surface area contributed by atoms with E-state index in [1.807, 2.05) is 43.3 Å². The SMILES string of the molecule is CN(C)c1ccc(C(=O)N2CCOCC2CCl)cc1. The second kappa shape index (κ2) is 6.26. The van der Waals surface area contributed by atoms with Crippen LogP contribution in [-0.2, 0) is 4.74 Å². The van der Waals surface area contributed by atoms with Gasteiger partial charge in [0.05, 0.1) is 19.3 Å². The van der Waals surface area contributed by atoms with E-state index in [0.29, 0.717) is 31.2 Å². The zero-order valence-electron chi connectivity index (χ0n) is 11.3. The predicted molar refractivity (Wildman–Crippen MR) is 77.1 cm³/mol. The van der Waals surface area contributed by atoms with Crippen LogP contribution >= 0.6 is 11.6 Å². The number of carbonyl (C=O) groups excluding carboxylic acids is 1. The van der Waals surface area contributed by atoms with Crippen molar-refractivity contribution in [2.45, 2.75) is 6.04 Å². The summed E-state index contributed by atoms with van der Waals surface area (Å²) >= 11 is 5.89. The standard InChI is InChI=1S/C14H19ClN2O2/c1-16(2)12-5-3-11(4-6-12)14(18)17-7-8-19-10-13(17)9-15/h3-6,13H,7-10H2,1-2H3. The molecule has 1 saturated heterocycles. The molecule has 0 saturated carbocycles. The average Bonchev–Trinajstić information content (AvgIpc) is 2.46. The third-order valence-corrected chi connectivity index (χ3v) is 3.65. The molecule has 19 heavy (non-hydrogen) atoms. The normalized spacial score (nSPS) is 19.3. The Morgan fingerprint density at radius 3 is 2.68 bits per heavy atom. The molecule has 1 heterocycles. The summed E-state index contributed by atoms with van der Waals surface area (Å²) < 4.78 is 5.35. The molecule has 1 atom stereocenters. The summed E-state index contributed by atoms with van der Waals surface area (Å²) in [5.41, 5.74) is 1.77. The van der Waals surface area contributed by atoms with Crippen molar-refractivity contribution < 1.29 is 9.53 Å². The van der Waals surface area contributed by atoms with Crippen LogP contribution in [0.1, 0.15) is 10.4 Å². The molecule has 104 valence electrons. The van der Waals surface area contributed by atoms with Gasteiger partial charge >= 0.3 is 0 Å². The Hall–Kier alpha value is -1.26. The highest BCUT2D eigenvalue weighted by atomic mass is 35.5. The van der Waals surface area contributed by atoms with E-state index in [1.165, 1.54) is 0 Å². The van der Waals surface area contributed by atoms with Crippen molar-refractivity contribution in [2.75, 3.05) is 44.6 Å². The Morgan fingerprint density at radius 2 is 2.11 bits per heavy atom. The fourth-order valence-electron chi connectivity index (χ4n) is 2.12. The quantitative estimate of drug-likeness (QED) is 0.793. The van der Waals surface area contributed by atoms with Crippen molar-refractivity contribution in [3.05, 3.63) is 29.8 Å². The van der Waals surface area contributed by atoms with Crippen LogP contribution in [0.4, 0.5) is 5.69 Å². The average molecular weight is 283 g/mol. The first-order valence-corrected chi connectivity index (χ1v) is 6.89. The monoisotopic (exact) mass is 282 g/mol. The topological polar surface area (TPSA) is 32.8 Å². The van der Waals surface area contributed by atoms with Crippen molar-refractivity contribution in [2.24, 2.45) is 0 Å². The molecular formula is C14H19ClN2O2. The largest absolute Gasteiger partial charge is 0.378 e. The van der Waals surface area contributed by atoms with Crippen molar-refractivity contribution >= 4 is 23.2 Å². The number of hydrogen-bond acceptors (Lipinski definition) is 3. The number of halogens is 1. The Labute approximate surface area is 118 Å². The Morgan fingerprint density at radius 1 is 1.42 bits per heavy atom. The number of ether oxygens (including phenoxy) is 1. The maximum Gasteiger partial charge on any atom is 0.254 e. The first-order valence-electron chi connectivity index (χ1n) is 6.35. The van der Waals surface area contributed by atoms with Crippen LogP contribution < -0.4 is 4.90 Å². The zero-order valence-corrected chi connectivity index (χ0v) is 12.1. The van der Waals surface area contributed by atoms with Gasteiger partial charge in [-0.1, -0.05) is 0 Å². The van der Waals surface area contributed by atoms with Crippen molar-refractivity contribution in [3.63, 3.8) is 0 Å². The van der Waals surface area contributed by atoms with Crippen LogP contribution in [0.25, 0.3) is 0 Å². The molecule has 0 spiro atoms. The predicted octanol–water partition coefficient (Wildman–Crippen LogP) is 1.83. The molecule has 0 aliphatic carbocycles. The molecule has 0 N–H and O–H groups in total. The second-order valence-electron chi connectivity index (χ2n) is 4.82. The highest BCUT2D eigenvalue weighted by Gasteiger charge is 2.27. The minimum atomic E-state index is -0.0311. The Kier molecular flexibility index (Phi) is 4.66. The molecular weight excluding hydrogens is 264 g/mol. The number of benzene rings is 1. The molecule has 1 aliphatic rings. The lowest BCUT2D eigenvalue weighted by molar-refractivity contribution is 0.00456. The van der Waals surface area contributed by atoms with Gasteiger partial charge < -0.3 is 14.5 Å². The van der Waals surface area contributed by atoms with Gasteiger partial charge in [-0.15, -0.1) is 11.6 Å². The summed E-state index contributed by atoms with van der Waals surface area (Å²) in [6.45, 7) is 1.70. The van der Waals surface area contributed by atoms with Crippen LogP contribution in [0.3, 0.4) is 0 Å². The molecule has 1 aromatic carbocycles. The van der Waals surface area contributed by atoms with Crippen LogP contribution in [0.15, 0.2) is 24.3 Å². The van der Waals surface area contributed by atoms with Crippen LogP contribution in [0, 0.1) is 0 Å². The van der Waals surface area contributed by atoms with E-state index in [-0.39, 0.29) is 11.9 Å². The third-order valence-electron chi connectivity index (χ3n) is 3.30. The molecule has 1 fully saturated rings. The summed E-state index contributed by atoms with van der Waals surface area (Å²) in [7, 11) is 3.95. The van der Waals surface area contributed by atoms with E-state index >= 15 is 0 Å². The van der Waals surface area contributed by atoms with Gasteiger partial charge in [0, 0.05) is 37.8 Å². The number of hydrogen-bond donors (Lipinski definition) is 0. The van der Waals surface area contributed by atoms with E-state index in [1.54, 1.807) is 4.90 Å². The summed E-state index contributed by atoms with van der Waals surface area (Å²) in [5.74, 6) is 0.431. The van der Waals surface area contributed by atoms with E-state index in [4.69, 9.17) is 16.3 Å². The number of alkyl halides is 1. The number of amides is 1. The van der Waals surface area contributed by atoms with Gasteiger partial charge in [-0.25, -0.2) is 0 Å². The lowest BCUT2D eigenvalue weighted by Gasteiger charge is -2.34. The van der Waals surface area contributed by atoms with E-state index < -0.39 is 0 Å². The second-order valence-corrected chi connectivity index (χ2v) is 5.13. The first-order chi connectivity index (χ1) is 9.13. The van der Waals surface area contributed by atoms with E-state index in [2.05, 4.69) is 0 Å². The van der Waals surface area contributed by atoms with Gasteiger partial charge in [0.1, 0.15) is 0 Å². The highest BCUT2D eigenvalue weighted by molar-refractivity contribution is 6.18. The maximum atomic E-state index is 12.4. The number of carbonyl (C=O) groups is 1. The molecule has 0 radical (unpaired) electrons. The number of rotatable bonds is 3. The van der Waals surface area contributed by atoms with Crippen molar-refractivity contribution in [1.82, 2.24) is 4.90 Å². The fraction of sp³-hybridized carbons (Fsp3) is 0.500. The van der Waals surface area contributed by atoms with E-state index in [9.17, 15) is 4.79 Å². The molecule has 1 amide bonds.